The second-order valence-corrected chi connectivity index (χ2v) is 8.00. The highest BCUT2D eigenvalue weighted by Crippen LogP contribution is 2.32. The highest BCUT2D eigenvalue weighted by molar-refractivity contribution is 6.08. The van der Waals surface area contributed by atoms with Crippen LogP contribution in [0.4, 0.5) is 4.39 Å². The van der Waals surface area contributed by atoms with Crippen LogP contribution < -0.4 is 5.32 Å². The number of nitrogens with zero attached hydrogens (tertiary/aromatic N) is 3. The SMILES string of the molecule is CCc1ccc2ncc3c(-c4ccccc4)nn(CC(=O)NCc4ccc(F)cc4)c3c2c1. The van der Waals surface area contributed by atoms with Gasteiger partial charge in [0.1, 0.15) is 18.1 Å². The number of rotatable bonds is 6. The van der Waals surface area contributed by atoms with Gasteiger partial charge in [0.25, 0.3) is 0 Å². The lowest BCUT2D eigenvalue weighted by Crippen LogP contribution is -2.27. The molecule has 0 aliphatic heterocycles. The standard InChI is InChI=1S/C27H23FN4O/c1-2-18-10-13-24-22(14-18)27-23(16-29-24)26(20-6-4-3-5-7-20)31-32(27)17-25(33)30-15-19-8-11-21(28)12-9-19/h3-14,16H,2,15,17H2,1H3,(H,30,33). The van der Waals surface area contributed by atoms with E-state index in [0.29, 0.717) is 6.54 Å². The largest absolute Gasteiger partial charge is 0.350 e. The fourth-order valence-corrected chi connectivity index (χ4v) is 4.04. The van der Waals surface area contributed by atoms with E-state index in [1.807, 2.05) is 42.6 Å². The van der Waals surface area contributed by atoms with Crippen molar-refractivity contribution in [1.29, 1.82) is 0 Å². The van der Waals surface area contributed by atoms with E-state index in [0.717, 1.165) is 45.0 Å². The predicted molar refractivity (Wildman–Crippen MR) is 128 cm³/mol. The first-order chi connectivity index (χ1) is 16.1. The Morgan fingerprint density at radius 2 is 1.73 bits per heavy atom. The third-order valence-electron chi connectivity index (χ3n) is 5.79. The summed E-state index contributed by atoms with van der Waals surface area (Å²) in [5.41, 5.74) is 5.57. The first-order valence-corrected chi connectivity index (χ1v) is 11.0. The molecule has 1 amide bonds. The van der Waals surface area contributed by atoms with Gasteiger partial charge >= 0.3 is 0 Å². The molecule has 1 N–H and O–H groups in total. The molecule has 0 aliphatic carbocycles. The molecular formula is C27H23FN4O. The van der Waals surface area contributed by atoms with Crippen molar-refractivity contribution in [3.05, 3.63) is 95.9 Å². The van der Waals surface area contributed by atoms with Gasteiger partial charge in [0.15, 0.2) is 0 Å². The Morgan fingerprint density at radius 1 is 0.970 bits per heavy atom. The number of nitrogens with one attached hydrogen (secondary N) is 1. The van der Waals surface area contributed by atoms with Crippen LogP contribution >= 0.6 is 0 Å². The summed E-state index contributed by atoms with van der Waals surface area (Å²) in [4.78, 5) is 17.5. The lowest BCUT2D eigenvalue weighted by atomic mass is 10.0. The minimum atomic E-state index is -0.298. The minimum Gasteiger partial charge on any atom is -0.350 e. The van der Waals surface area contributed by atoms with E-state index < -0.39 is 0 Å². The molecule has 0 spiro atoms. The van der Waals surface area contributed by atoms with Crippen LogP contribution in [0.1, 0.15) is 18.1 Å². The summed E-state index contributed by atoms with van der Waals surface area (Å²) < 4.78 is 14.9. The number of pyridine rings is 1. The second-order valence-electron chi connectivity index (χ2n) is 8.00. The lowest BCUT2D eigenvalue weighted by Gasteiger charge is -2.08. The average molecular weight is 439 g/mol. The molecule has 0 atom stereocenters. The summed E-state index contributed by atoms with van der Waals surface area (Å²) in [7, 11) is 0. The molecule has 0 unspecified atom stereocenters. The second kappa shape index (κ2) is 8.82. The van der Waals surface area contributed by atoms with Gasteiger partial charge in [-0.3, -0.25) is 14.5 Å². The Kier molecular flexibility index (Phi) is 5.57. The van der Waals surface area contributed by atoms with Gasteiger partial charge in [0.2, 0.25) is 5.91 Å². The first kappa shape index (κ1) is 20.8. The van der Waals surface area contributed by atoms with E-state index >= 15 is 0 Å². The molecule has 164 valence electrons. The molecule has 5 nitrogen and oxygen atoms in total. The van der Waals surface area contributed by atoms with E-state index in [9.17, 15) is 9.18 Å². The average Bonchev–Trinajstić information content (AvgIpc) is 3.22. The van der Waals surface area contributed by atoms with Crippen LogP contribution in [0.25, 0.3) is 33.1 Å². The molecule has 0 radical (unpaired) electrons. The van der Waals surface area contributed by atoms with Gasteiger partial charge in [-0.05, 0) is 41.8 Å². The topological polar surface area (TPSA) is 59.8 Å². The van der Waals surface area contributed by atoms with Crippen LogP contribution in [0.3, 0.4) is 0 Å². The number of carbonyl (C=O) groups is 1. The highest BCUT2D eigenvalue weighted by atomic mass is 19.1. The molecule has 0 bridgehead atoms. The normalized spacial score (nSPS) is 11.2. The Labute approximate surface area is 190 Å². The van der Waals surface area contributed by atoms with Gasteiger partial charge in [-0.1, -0.05) is 55.5 Å². The van der Waals surface area contributed by atoms with Crippen LogP contribution in [0, 0.1) is 5.82 Å². The zero-order chi connectivity index (χ0) is 22.8. The van der Waals surface area contributed by atoms with Gasteiger partial charge in [-0.2, -0.15) is 5.10 Å². The number of benzene rings is 3. The van der Waals surface area contributed by atoms with Gasteiger partial charge in [0, 0.05) is 29.1 Å². The van der Waals surface area contributed by atoms with Crippen molar-refractivity contribution in [3.8, 4) is 11.3 Å². The molecule has 2 aromatic heterocycles. The van der Waals surface area contributed by atoms with E-state index in [4.69, 9.17) is 5.10 Å². The Hall–Kier alpha value is -4.06. The quantitative estimate of drug-likeness (QED) is 0.393. The van der Waals surface area contributed by atoms with E-state index in [1.165, 1.54) is 17.7 Å². The molecule has 0 saturated carbocycles. The monoisotopic (exact) mass is 438 g/mol. The summed E-state index contributed by atoms with van der Waals surface area (Å²) in [5, 5.41) is 9.64. The molecule has 0 saturated heterocycles. The van der Waals surface area contributed by atoms with Crippen molar-refractivity contribution in [2.75, 3.05) is 0 Å². The van der Waals surface area contributed by atoms with Gasteiger partial charge in [0.05, 0.1) is 11.0 Å². The fraction of sp³-hybridized carbons (Fsp3) is 0.148. The Balaban J connectivity index is 1.55. The summed E-state index contributed by atoms with van der Waals surface area (Å²) >= 11 is 0. The molecule has 5 rings (SSSR count). The number of aromatic nitrogens is 3. The zero-order valence-corrected chi connectivity index (χ0v) is 18.3. The molecule has 5 aromatic rings. The molecule has 0 aliphatic rings. The minimum absolute atomic E-state index is 0.0694. The smallest absolute Gasteiger partial charge is 0.242 e. The molecule has 2 heterocycles. The van der Waals surface area contributed by atoms with Crippen LogP contribution in [0.2, 0.25) is 0 Å². The van der Waals surface area contributed by atoms with Crippen molar-refractivity contribution >= 4 is 27.7 Å². The molecule has 6 heteroatoms. The first-order valence-electron chi connectivity index (χ1n) is 11.0. The van der Waals surface area contributed by atoms with E-state index in [-0.39, 0.29) is 18.3 Å². The van der Waals surface area contributed by atoms with Crippen LogP contribution in [0.5, 0.6) is 0 Å². The van der Waals surface area contributed by atoms with Crippen molar-refractivity contribution in [3.63, 3.8) is 0 Å². The maximum Gasteiger partial charge on any atom is 0.242 e. The third kappa shape index (κ3) is 4.20. The van der Waals surface area contributed by atoms with Crippen molar-refractivity contribution in [1.82, 2.24) is 20.1 Å². The van der Waals surface area contributed by atoms with Crippen molar-refractivity contribution in [2.45, 2.75) is 26.4 Å². The summed E-state index contributed by atoms with van der Waals surface area (Å²) in [5.74, 6) is -0.464. The summed E-state index contributed by atoms with van der Waals surface area (Å²) in [6.45, 7) is 2.51. The van der Waals surface area contributed by atoms with Gasteiger partial charge in [-0.15, -0.1) is 0 Å². The third-order valence-corrected chi connectivity index (χ3v) is 5.79. The number of fused-ring (bicyclic) bond motifs is 3. The molecule has 33 heavy (non-hydrogen) atoms. The highest BCUT2D eigenvalue weighted by Gasteiger charge is 2.18. The number of halogens is 1. The van der Waals surface area contributed by atoms with E-state index in [1.54, 1.807) is 16.8 Å². The summed E-state index contributed by atoms with van der Waals surface area (Å²) in [6.07, 6.45) is 2.75. The van der Waals surface area contributed by atoms with Crippen LogP contribution in [-0.4, -0.2) is 20.7 Å². The van der Waals surface area contributed by atoms with Crippen molar-refractivity contribution in [2.24, 2.45) is 0 Å². The zero-order valence-electron chi connectivity index (χ0n) is 18.3. The van der Waals surface area contributed by atoms with Gasteiger partial charge in [-0.25, -0.2) is 4.39 Å². The number of hydrogen-bond donors (Lipinski definition) is 1. The van der Waals surface area contributed by atoms with E-state index in [2.05, 4.69) is 29.4 Å². The predicted octanol–water partition coefficient (Wildman–Crippen LogP) is 5.27. The van der Waals surface area contributed by atoms with Crippen LogP contribution in [0.15, 0.2) is 79.0 Å². The number of carbonyl (C=O) groups excluding carboxylic acids is 1. The summed E-state index contributed by atoms with van der Waals surface area (Å²) in [6, 6.07) is 22.3. The maximum absolute atomic E-state index is 13.1. The van der Waals surface area contributed by atoms with Gasteiger partial charge < -0.3 is 5.32 Å². The maximum atomic E-state index is 13.1. The number of amides is 1. The van der Waals surface area contributed by atoms with Crippen LogP contribution in [-0.2, 0) is 24.3 Å². The number of hydrogen-bond acceptors (Lipinski definition) is 3. The number of aryl methyl sites for hydroxylation is 1. The molecular weight excluding hydrogens is 415 g/mol. The molecule has 0 fully saturated rings. The fourth-order valence-electron chi connectivity index (χ4n) is 4.04. The molecule has 3 aromatic carbocycles. The Bertz CT molecular complexity index is 1440. The lowest BCUT2D eigenvalue weighted by molar-refractivity contribution is -0.121. The van der Waals surface area contributed by atoms with Crippen molar-refractivity contribution < 1.29 is 9.18 Å². The Morgan fingerprint density at radius 3 is 2.48 bits per heavy atom.